The van der Waals surface area contributed by atoms with Gasteiger partial charge in [-0.2, -0.15) is 0 Å². The quantitative estimate of drug-likeness (QED) is 0.767. The van der Waals surface area contributed by atoms with E-state index >= 15 is 0 Å². The summed E-state index contributed by atoms with van der Waals surface area (Å²) < 4.78 is 5.80. The van der Waals surface area contributed by atoms with Crippen LogP contribution in [-0.2, 0) is 9.53 Å². The number of carbonyl (C=O) groups is 1. The Labute approximate surface area is 128 Å². The lowest BCUT2D eigenvalue weighted by atomic mass is 9.82. The van der Waals surface area contributed by atoms with E-state index in [2.05, 4.69) is 5.32 Å². The fourth-order valence-corrected chi connectivity index (χ4v) is 3.21. The molecule has 20 heavy (non-hydrogen) atoms. The van der Waals surface area contributed by atoms with Crippen LogP contribution in [-0.4, -0.2) is 30.7 Å². The van der Waals surface area contributed by atoms with E-state index in [1.807, 2.05) is 0 Å². The van der Waals surface area contributed by atoms with Crippen LogP contribution in [0.1, 0.15) is 64.2 Å². The summed E-state index contributed by atoms with van der Waals surface area (Å²) in [6.07, 6.45) is 11.7. The fraction of sp³-hybridized carbons (Fsp3) is 0.933. The molecule has 5 heteroatoms. The summed E-state index contributed by atoms with van der Waals surface area (Å²) in [5.41, 5.74) is 5.55. The Kier molecular flexibility index (Phi) is 7.85. The second-order valence-electron chi connectivity index (χ2n) is 6.10. The van der Waals surface area contributed by atoms with Crippen molar-refractivity contribution in [3.05, 3.63) is 0 Å². The molecule has 0 aromatic rings. The summed E-state index contributed by atoms with van der Waals surface area (Å²) in [6.45, 7) is 1.21. The normalized spacial score (nSPS) is 22.9. The van der Waals surface area contributed by atoms with E-state index in [4.69, 9.17) is 10.5 Å². The van der Waals surface area contributed by atoms with E-state index in [0.717, 1.165) is 25.7 Å². The number of halogens is 1. The Morgan fingerprint density at radius 1 is 1.10 bits per heavy atom. The molecule has 0 atom stereocenters. The maximum Gasteiger partial charge on any atom is 0.240 e. The molecule has 2 saturated carbocycles. The molecular weight excluding hydrogens is 276 g/mol. The second kappa shape index (κ2) is 8.85. The van der Waals surface area contributed by atoms with Gasteiger partial charge in [-0.3, -0.25) is 4.79 Å². The minimum absolute atomic E-state index is 0. The third kappa shape index (κ3) is 5.23. The molecule has 1 amide bonds. The Hall–Kier alpha value is -0.320. The predicted octanol–water partition coefficient (Wildman–Crippen LogP) is 2.54. The summed E-state index contributed by atoms with van der Waals surface area (Å²) >= 11 is 0. The molecule has 0 radical (unpaired) electrons. The van der Waals surface area contributed by atoms with Gasteiger partial charge >= 0.3 is 0 Å². The molecule has 0 aromatic heterocycles. The number of hydrogen-bond donors (Lipinski definition) is 2. The summed E-state index contributed by atoms with van der Waals surface area (Å²) in [5.74, 6) is 0.0134. The summed E-state index contributed by atoms with van der Waals surface area (Å²) in [4.78, 5) is 12.1. The lowest BCUT2D eigenvalue weighted by molar-refractivity contribution is -0.127. The van der Waals surface area contributed by atoms with Crippen LogP contribution in [0.15, 0.2) is 0 Å². The van der Waals surface area contributed by atoms with Gasteiger partial charge in [0.2, 0.25) is 5.91 Å². The van der Waals surface area contributed by atoms with Crippen molar-refractivity contribution in [2.45, 2.75) is 75.9 Å². The van der Waals surface area contributed by atoms with E-state index < -0.39 is 5.54 Å². The zero-order chi connectivity index (χ0) is 13.6. The first kappa shape index (κ1) is 17.7. The molecule has 0 aliphatic heterocycles. The molecule has 0 heterocycles. The SMILES string of the molecule is Cl.NC1(C(=O)NCCOC2CCCCC2)CCCCC1. The molecule has 0 bridgehead atoms. The van der Waals surface area contributed by atoms with Crippen LogP contribution in [0.2, 0.25) is 0 Å². The van der Waals surface area contributed by atoms with Crippen molar-refractivity contribution in [2.24, 2.45) is 5.73 Å². The van der Waals surface area contributed by atoms with Crippen LogP contribution in [0.3, 0.4) is 0 Å². The molecule has 0 aromatic carbocycles. The van der Waals surface area contributed by atoms with Crippen LogP contribution in [0.25, 0.3) is 0 Å². The van der Waals surface area contributed by atoms with E-state index in [-0.39, 0.29) is 18.3 Å². The minimum Gasteiger partial charge on any atom is -0.376 e. The van der Waals surface area contributed by atoms with Crippen LogP contribution in [0, 0.1) is 0 Å². The summed E-state index contributed by atoms with van der Waals surface area (Å²) in [7, 11) is 0. The van der Waals surface area contributed by atoms with E-state index in [1.54, 1.807) is 0 Å². The van der Waals surface area contributed by atoms with Crippen LogP contribution >= 0.6 is 12.4 Å². The highest BCUT2D eigenvalue weighted by Crippen LogP contribution is 2.25. The van der Waals surface area contributed by atoms with Crippen molar-refractivity contribution >= 4 is 18.3 Å². The lowest BCUT2D eigenvalue weighted by Crippen LogP contribution is -2.55. The molecule has 0 unspecified atom stereocenters. The van der Waals surface area contributed by atoms with E-state index in [0.29, 0.717) is 19.3 Å². The molecule has 3 N–H and O–H groups in total. The van der Waals surface area contributed by atoms with Gasteiger partial charge in [-0.1, -0.05) is 38.5 Å². The minimum atomic E-state index is -0.622. The number of nitrogens with one attached hydrogen (secondary N) is 1. The predicted molar refractivity (Wildman–Crippen MR) is 83.1 cm³/mol. The van der Waals surface area contributed by atoms with Gasteiger partial charge in [0.15, 0.2) is 0 Å². The highest BCUT2D eigenvalue weighted by atomic mass is 35.5. The first-order chi connectivity index (χ1) is 9.21. The Morgan fingerprint density at radius 3 is 2.35 bits per heavy atom. The molecule has 0 saturated heterocycles. The van der Waals surface area contributed by atoms with Crippen LogP contribution in [0.5, 0.6) is 0 Å². The smallest absolute Gasteiger partial charge is 0.240 e. The standard InChI is InChI=1S/C15H28N2O2.ClH/c16-15(9-5-2-6-10-15)14(18)17-11-12-19-13-7-3-1-4-8-13;/h13H,1-12,16H2,(H,17,18);1H. The fourth-order valence-electron chi connectivity index (χ4n) is 3.21. The van der Waals surface area contributed by atoms with Gasteiger partial charge in [0.1, 0.15) is 0 Å². The monoisotopic (exact) mass is 304 g/mol. The van der Waals surface area contributed by atoms with Gasteiger partial charge < -0.3 is 15.8 Å². The summed E-state index contributed by atoms with van der Waals surface area (Å²) in [5, 5.41) is 2.94. The Bertz CT molecular complexity index is 288. The number of hydrogen-bond acceptors (Lipinski definition) is 3. The molecule has 2 rings (SSSR count). The van der Waals surface area contributed by atoms with Crippen molar-refractivity contribution < 1.29 is 9.53 Å². The van der Waals surface area contributed by atoms with Gasteiger partial charge in [0.05, 0.1) is 18.2 Å². The summed E-state index contributed by atoms with van der Waals surface area (Å²) in [6, 6.07) is 0. The average molecular weight is 305 g/mol. The zero-order valence-electron chi connectivity index (χ0n) is 12.4. The van der Waals surface area contributed by atoms with Gasteiger partial charge in [-0.05, 0) is 25.7 Å². The van der Waals surface area contributed by atoms with Crippen molar-refractivity contribution in [3.63, 3.8) is 0 Å². The third-order valence-electron chi connectivity index (χ3n) is 4.49. The molecule has 4 nitrogen and oxygen atoms in total. The topological polar surface area (TPSA) is 64.4 Å². The lowest BCUT2D eigenvalue weighted by Gasteiger charge is -2.32. The maximum absolute atomic E-state index is 12.1. The van der Waals surface area contributed by atoms with Gasteiger partial charge in [0, 0.05) is 6.54 Å². The zero-order valence-corrected chi connectivity index (χ0v) is 13.2. The first-order valence-electron chi connectivity index (χ1n) is 7.89. The number of rotatable bonds is 5. The van der Waals surface area contributed by atoms with Gasteiger partial charge in [-0.15, -0.1) is 12.4 Å². The number of nitrogens with two attached hydrogens (primary N) is 1. The van der Waals surface area contributed by atoms with Crippen LogP contribution < -0.4 is 11.1 Å². The molecule has 2 aliphatic rings. The van der Waals surface area contributed by atoms with E-state index in [1.165, 1.54) is 38.5 Å². The van der Waals surface area contributed by atoms with Crippen molar-refractivity contribution in [3.8, 4) is 0 Å². The molecule has 118 valence electrons. The molecule has 2 aliphatic carbocycles. The van der Waals surface area contributed by atoms with E-state index in [9.17, 15) is 4.79 Å². The third-order valence-corrected chi connectivity index (χ3v) is 4.49. The highest BCUT2D eigenvalue weighted by molar-refractivity contribution is 5.86. The average Bonchev–Trinajstić information content (AvgIpc) is 2.45. The second-order valence-corrected chi connectivity index (χ2v) is 6.10. The first-order valence-corrected chi connectivity index (χ1v) is 7.89. The largest absolute Gasteiger partial charge is 0.376 e. The highest BCUT2D eigenvalue weighted by Gasteiger charge is 2.34. The van der Waals surface area contributed by atoms with Gasteiger partial charge in [0.25, 0.3) is 0 Å². The van der Waals surface area contributed by atoms with Gasteiger partial charge in [-0.25, -0.2) is 0 Å². The maximum atomic E-state index is 12.1. The number of ether oxygens (including phenoxy) is 1. The number of carbonyl (C=O) groups excluding carboxylic acids is 1. The molecular formula is C15H29ClN2O2. The van der Waals surface area contributed by atoms with Crippen molar-refractivity contribution in [1.82, 2.24) is 5.32 Å². The molecule has 0 spiro atoms. The number of amides is 1. The van der Waals surface area contributed by atoms with Crippen molar-refractivity contribution in [1.29, 1.82) is 0 Å². The van der Waals surface area contributed by atoms with Crippen molar-refractivity contribution in [2.75, 3.05) is 13.2 Å². The molecule has 2 fully saturated rings. The Balaban J connectivity index is 0.00000200. The van der Waals surface area contributed by atoms with Crippen LogP contribution in [0.4, 0.5) is 0 Å². The Morgan fingerprint density at radius 2 is 1.70 bits per heavy atom.